The van der Waals surface area contributed by atoms with E-state index >= 15 is 0 Å². The SMILES string of the molecule is CN1C(=O)/C(=C/c2cccc(-c3ccc(Cl)cc3)c2)SC1=Nc1ccccc1. The number of rotatable bonds is 3. The topological polar surface area (TPSA) is 32.7 Å². The maximum Gasteiger partial charge on any atom is 0.266 e. The summed E-state index contributed by atoms with van der Waals surface area (Å²) >= 11 is 7.37. The fraction of sp³-hybridized carbons (Fsp3) is 0.0435. The van der Waals surface area contributed by atoms with Gasteiger partial charge in [-0.15, -0.1) is 0 Å². The number of thioether (sulfide) groups is 1. The van der Waals surface area contributed by atoms with Crippen LogP contribution in [-0.2, 0) is 4.79 Å². The summed E-state index contributed by atoms with van der Waals surface area (Å²) in [6.45, 7) is 0. The monoisotopic (exact) mass is 404 g/mol. The molecule has 0 unspecified atom stereocenters. The lowest BCUT2D eigenvalue weighted by molar-refractivity contribution is -0.121. The van der Waals surface area contributed by atoms with Crippen LogP contribution >= 0.6 is 23.4 Å². The van der Waals surface area contributed by atoms with Crippen molar-refractivity contribution in [1.82, 2.24) is 4.90 Å². The number of hydrogen-bond donors (Lipinski definition) is 0. The van der Waals surface area contributed by atoms with Gasteiger partial charge in [0.2, 0.25) is 0 Å². The number of likely N-dealkylation sites (N-methyl/N-ethyl adjacent to an activating group) is 1. The Hall–Kier alpha value is -2.82. The lowest BCUT2D eigenvalue weighted by Gasteiger charge is -2.06. The van der Waals surface area contributed by atoms with Crippen molar-refractivity contribution < 1.29 is 4.79 Å². The molecule has 1 aliphatic heterocycles. The third kappa shape index (κ3) is 4.03. The Morgan fingerprint density at radius 3 is 2.43 bits per heavy atom. The first-order valence-corrected chi connectivity index (χ1v) is 9.97. The second kappa shape index (κ2) is 8.05. The molecule has 0 aromatic heterocycles. The van der Waals surface area contributed by atoms with Crippen LogP contribution in [0.15, 0.2) is 88.8 Å². The maximum absolute atomic E-state index is 12.6. The maximum atomic E-state index is 12.6. The van der Waals surface area contributed by atoms with Gasteiger partial charge in [0, 0.05) is 12.1 Å². The van der Waals surface area contributed by atoms with Crippen molar-refractivity contribution in [3.8, 4) is 11.1 Å². The first-order valence-electron chi connectivity index (χ1n) is 8.77. The van der Waals surface area contributed by atoms with Crippen LogP contribution in [0.1, 0.15) is 5.56 Å². The fourth-order valence-corrected chi connectivity index (χ4v) is 3.98. The van der Waals surface area contributed by atoms with E-state index < -0.39 is 0 Å². The Morgan fingerprint density at radius 2 is 1.68 bits per heavy atom. The van der Waals surface area contributed by atoms with E-state index in [4.69, 9.17) is 11.6 Å². The second-order valence-corrected chi connectivity index (χ2v) is 7.78. The quantitative estimate of drug-likeness (QED) is 0.484. The highest BCUT2D eigenvalue weighted by Crippen LogP contribution is 2.33. The highest BCUT2D eigenvalue weighted by molar-refractivity contribution is 8.18. The van der Waals surface area contributed by atoms with Crippen molar-refractivity contribution in [3.63, 3.8) is 0 Å². The number of carbonyl (C=O) groups is 1. The normalized spacial score (nSPS) is 16.9. The van der Waals surface area contributed by atoms with Gasteiger partial charge in [0.1, 0.15) is 0 Å². The van der Waals surface area contributed by atoms with Crippen molar-refractivity contribution in [2.24, 2.45) is 4.99 Å². The van der Waals surface area contributed by atoms with Crippen LogP contribution in [0, 0.1) is 0 Å². The van der Waals surface area contributed by atoms with E-state index in [0.29, 0.717) is 15.1 Å². The molecule has 28 heavy (non-hydrogen) atoms. The Labute approximate surface area is 173 Å². The molecule has 3 aromatic carbocycles. The molecule has 0 aliphatic carbocycles. The fourth-order valence-electron chi connectivity index (χ4n) is 2.87. The minimum Gasteiger partial charge on any atom is -0.290 e. The van der Waals surface area contributed by atoms with Gasteiger partial charge in [0.25, 0.3) is 5.91 Å². The van der Waals surface area contributed by atoms with E-state index in [-0.39, 0.29) is 5.91 Å². The van der Waals surface area contributed by atoms with E-state index in [2.05, 4.69) is 11.1 Å². The molecule has 1 amide bonds. The predicted molar refractivity (Wildman–Crippen MR) is 119 cm³/mol. The zero-order valence-electron chi connectivity index (χ0n) is 15.2. The average molecular weight is 405 g/mol. The summed E-state index contributed by atoms with van der Waals surface area (Å²) in [5.74, 6) is -0.0448. The molecular formula is C23H17ClN2OS. The summed E-state index contributed by atoms with van der Waals surface area (Å²) in [5.41, 5.74) is 3.96. The van der Waals surface area contributed by atoms with Gasteiger partial charge in [-0.25, -0.2) is 4.99 Å². The van der Waals surface area contributed by atoms with Crippen molar-refractivity contribution in [2.75, 3.05) is 7.05 Å². The number of halogens is 1. The largest absolute Gasteiger partial charge is 0.290 e. The molecule has 0 N–H and O–H groups in total. The third-order valence-electron chi connectivity index (χ3n) is 4.35. The second-order valence-electron chi connectivity index (χ2n) is 6.34. The van der Waals surface area contributed by atoms with Crippen LogP contribution in [0.3, 0.4) is 0 Å². The molecule has 0 bridgehead atoms. The minimum absolute atomic E-state index is 0.0448. The molecule has 1 aliphatic rings. The Kier molecular flexibility index (Phi) is 5.33. The smallest absolute Gasteiger partial charge is 0.266 e. The Bertz CT molecular complexity index is 1080. The van der Waals surface area contributed by atoms with E-state index in [1.807, 2.05) is 78.9 Å². The molecule has 0 radical (unpaired) electrons. The molecule has 1 fully saturated rings. The zero-order valence-corrected chi connectivity index (χ0v) is 16.7. The molecule has 1 heterocycles. The Balaban J connectivity index is 1.62. The molecule has 0 saturated carbocycles. The number of nitrogens with zero attached hydrogens (tertiary/aromatic N) is 2. The summed E-state index contributed by atoms with van der Waals surface area (Å²) in [4.78, 5) is 19.5. The average Bonchev–Trinajstić information content (AvgIpc) is 2.97. The summed E-state index contributed by atoms with van der Waals surface area (Å²) in [6.07, 6.45) is 1.91. The van der Waals surface area contributed by atoms with Gasteiger partial charge in [-0.1, -0.05) is 60.1 Å². The molecular weight excluding hydrogens is 388 g/mol. The predicted octanol–water partition coefficient (Wildman–Crippen LogP) is 6.24. The van der Waals surface area contributed by atoms with Gasteiger partial charge in [-0.05, 0) is 64.9 Å². The van der Waals surface area contributed by atoms with Crippen molar-refractivity contribution >= 4 is 46.2 Å². The molecule has 3 nitrogen and oxygen atoms in total. The van der Waals surface area contributed by atoms with Crippen LogP contribution in [-0.4, -0.2) is 23.0 Å². The first-order chi connectivity index (χ1) is 13.6. The van der Waals surface area contributed by atoms with Crippen LogP contribution in [0.4, 0.5) is 5.69 Å². The van der Waals surface area contributed by atoms with Gasteiger partial charge < -0.3 is 0 Å². The van der Waals surface area contributed by atoms with Gasteiger partial charge >= 0.3 is 0 Å². The van der Waals surface area contributed by atoms with Crippen LogP contribution in [0.5, 0.6) is 0 Å². The third-order valence-corrected chi connectivity index (χ3v) is 5.66. The van der Waals surface area contributed by atoms with E-state index in [0.717, 1.165) is 22.4 Å². The standard InChI is InChI=1S/C23H17ClN2OS/c1-26-22(27)21(28-23(26)25-20-8-3-2-4-9-20)15-16-6-5-7-18(14-16)17-10-12-19(24)13-11-17/h2-15H,1H3/b21-15-,25-23?. The number of carbonyl (C=O) groups excluding carboxylic acids is 1. The summed E-state index contributed by atoms with van der Waals surface area (Å²) in [5, 5.41) is 1.39. The zero-order chi connectivity index (χ0) is 19.5. The molecule has 3 aromatic rings. The molecule has 1 saturated heterocycles. The molecule has 0 spiro atoms. The summed E-state index contributed by atoms with van der Waals surface area (Å²) in [7, 11) is 1.75. The number of aliphatic imine (C=N–C) groups is 1. The van der Waals surface area contributed by atoms with Gasteiger partial charge in [-0.3, -0.25) is 9.69 Å². The van der Waals surface area contributed by atoms with Crippen molar-refractivity contribution in [1.29, 1.82) is 0 Å². The summed E-state index contributed by atoms with van der Waals surface area (Å²) < 4.78 is 0. The van der Waals surface area contributed by atoms with Crippen LogP contribution in [0.2, 0.25) is 5.02 Å². The van der Waals surface area contributed by atoms with Crippen molar-refractivity contribution in [3.05, 3.63) is 94.4 Å². The molecule has 4 rings (SSSR count). The van der Waals surface area contributed by atoms with Crippen molar-refractivity contribution in [2.45, 2.75) is 0 Å². The van der Waals surface area contributed by atoms with Gasteiger partial charge in [-0.2, -0.15) is 0 Å². The Morgan fingerprint density at radius 1 is 0.929 bits per heavy atom. The van der Waals surface area contributed by atoms with Crippen LogP contribution < -0.4 is 0 Å². The molecule has 0 atom stereocenters. The number of amides is 1. The number of hydrogen-bond acceptors (Lipinski definition) is 3. The van der Waals surface area contributed by atoms with E-state index in [1.54, 1.807) is 11.9 Å². The van der Waals surface area contributed by atoms with Gasteiger partial charge in [0.05, 0.1) is 10.6 Å². The minimum atomic E-state index is -0.0448. The number of benzene rings is 3. The van der Waals surface area contributed by atoms with E-state index in [1.165, 1.54) is 11.8 Å². The summed E-state index contributed by atoms with van der Waals surface area (Å²) in [6, 6.07) is 25.5. The first kappa shape index (κ1) is 18.5. The van der Waals surface area contributed by atoms with Gasteiger partial charge in [0.15, 0.2) is 5.17 Å². The molecule has 138 valence electrons. The van der Waals surface area contributed by atoms with Crippen LogP contribution in [0.25, 0.3) is 17.2 Å². The lowest BCUT2D eigenvalue weighted by Crippen LogP contribution is -2.23. The highest BCUT2D eigenvalue weighted by atomic mass is 35.5. The highest BCUT2D eigenvalue weighted by Gasteiger charge is 2.30. The van der Waals surface area contributed by atoms with E-state index in [9.17, 15) is 4.79 Å². The number of amidine groups is 1. The number of para-hydroxylation sites is 1. The molecule has 5 heteroatoms. The lowest BCUT2D eigenvalue weighted by atomic mass is 10.0.